The molecule has 0 aliphatic heterocycles. The minimum atomic E-state index is -1.17. The largest absolute Gasteiger partial charge is 1.00 e. The van der Waals surface area contributed by atoms with Crippen molar-refractivity contribution >= 4 is 40.1 Å². The van der Waals surface area contributed by atoms with Crippen molar-refractivity contribution in [1.29, 1.82) is 0 Å². The molecule has 4 aromatic rings. The Bertz CT molecular complexity index is 1270. The van der Waals surface area contributed by atoms with Gasteiger partial charge in [-0.05, 0) is 59.7 Å². The van der Waals surface area contributed by atoms with Crippen molar-refractivity contribution in [2.45, 2.75) is 0 Å². The van der Waals surface area contributed by atoms with Crippen LogP contribution in [0.4, 0.5) is 5.69 Å². The summed E-state index contributed by atoms with van der Waals surface area (Å²) < 4.78 is 0. The molecule has 144 valence electrons. The zero-order valence-electron chi connectivity index (χ0n) is 17.1. The molecule has 0 fully saturated rings. The minimum Gasteiger partial charge on any atom is -1.00 e. The number of fused-ring (bicyclic) bond motifs is 1. The maximum atomic E-state index is 12.7. The maximum Gasteiger partial charge on any atom is 1.00 e. The zero-order valence-corrected chi connectivity index (χ0v) is 18.9. The Balaban J connectivity index is 0.00000171. The number of hydrogen-bond acceptors (Lipinski definition) is 3. The van der Waals surface area contributed by atoms with Crippen LogP contribution in [0.1, 0.15) is 22.1 Å². The first-order valence-corrected chi connectivity index (χ1v) is 9.18. The van der Waals surface area contributed by atoms with Gasteiger partial charge in [-0.15, -0.1) is 0 Å². The second-order valence-electron chi connectivity index (χ2n) is 6.44. The first-order chi connectivity index (χ1) is 14.0. The monoisotopic (exact) mass is 426 g/mol. The molecule has 1 aromatic heterocycles. The fraction of sp³-hybridized carbons (Fsp3) is 0. The number of benzene rings is 3. The van der Waals surface area contributed by atoms with Crippen molar-refractivity contribution in [2.75, 3.05) is 5.32 Å². The average molecular weight is 427 g/mol. The molecule has 0 bridgehead atoms. The van der Waals surface area contributed by atoms with Crippen molar-refractivity contribution in [3.8, 4) is 11.1 Å². The van der Waals surface area contributed by atoms with E-state index in [1.165, 1.54) is 18.2 Å². The van der Waals surface area contributed by atoms with Crippen LogP contribution >= 0.6 is 11.6 Å². The topological polar surface area (TPSA) is 79.3 Å². The van der Waals surface area contributed by atoms with Crippen LogP contribution in [0.5, 0.6) is 0 Å². The van der Waals surface area contributed by atoms with E-state index >= 15 is 0 Å². The molecular formula is C23H16ClN2NaO3. The Morgan fingerprint density at radius 1 is 0.933 bits per heavy atom. The van der Waals surface area contributed by atoms with E-state index in [9.17, 15) is 14.7 Å². The molecule has 1 heterocycles. The number of nitrogens with one attached hydrogen (secondary N) is 1. The van der Waals surface area contributed by atoms with Gasteiger partial charge in [-0.25, -0.2) is 4.79 Å². The smallest absolute Gasteiger partial charge is 1.00 e. The average Bonchev–Trinajstić information content (AvgIpc) is 2.74. The van der Waals surface area contributed by atoms with Crippen molar-refractivity contribution in [3.63, 3.8) is 0 Å². The van der Waals surface area contributed by atoms with E-state index in [-0.39, 0.29) is 47.3 Å². The molecule has 0 aliphatic rings. The molecule has 0 spiro atoms. The molecule has 0 unspecified atom stereocenters. The fourth-order valence-electron chi connectivity index (χ4n) is 3.09. The van der Waals surface area contributed by atoms with Gasteiger partial charge >= 0.3 is 35.5 Å². The minimum absolute atomic E-state index is 0. The molecule has 0 atom stereocenters. The van der Waals surface area contributed by atoms with Gasteiger partial charge in [-0.1, -0.05) is 35.9 Å². The summed E-state index contributed by atoms with van der Waals surface area (Å²) in [5.74, 6) is -1.57. The standard InChI is InChI=1S/C23H15ClN2O3.Na.H/c24-18-7-9-21(19(13-18)23(28)29)26-22(27)17-4-1-3-14(12-17)15-6-8-20-16(11-15)5-2-10-25-20;;/h1-13H,(H,26,27)(H,28,29);;/q;+1;-1. The second-order valence-corrected chi connectivity index (χ2v) is 6.88. The maximum absolute atomic E-state index is 12.7. The summed E-state index contributed by atoms with van der Waals surface area (Å²) in [6.07, 6.45) is 1.75. The summed E-state index contributed by atoms with van der Waals surface area (Å²) in [6, 6.07) is 21.2. The van der Waals surface area contributed by atoms with Gasteiger partial charge in [-0.2, -0.15) is 0 Å². The second kappa shape index (κ2) is 9.41. The first kappa shape index (κ1) is 22.0. The van der Waals surface area contributed by atoms with Gasteiger partial charge in [0.1, 0.15) is 0 Å². The van der Waals surface area contributed by atoms with Crippen LogP contribution in [0.15, 0.2) is 79.0 Å². The number of aromatic nitrogens is 1. The van der Waals surface area contributed by atoms with Crippen molar-refractivity contribution in [2.24, 2.45) is 0 Å². The Morgan fingerprint density at radius 2 is 1.73 bits per heavy atom. The van der Waals surface area contributed by atoms with E-state index in [0.717, 1.165) is 22.0 Å². The van der Waals surface area contributed by atoms with Crippen molar-refractivity contribution in [1.82, 2.24) is 4.98 Å². The summed E-state index contributed by atoms with van der Waals surface area (Å²) in [7, 11) is 0. The van der Waals surface area contributed by atoms with Gasteiger partial charge in [0.15, 0.2) is 0 Å². The van der Waals surface area contributed by atoms with Crippen molar-refractivity contribution < 1.29 is 45.7 Å². The molecule has 0 aliphatic carbocycles. The Labute approximate surface area is 201 Å². The number of anilines is 1. The molecule has 4 rings (SSSR count). The number of carbonyl (C=O) groups is 2. The molecule has 7 heteroatoms. The third kappa shape index (κ3) is 4.71. The number of carboxylic acids is 1. The van der Waals surface area contributed by atoms with E-state index < -0.39 is 11.9 Å². The summed E-state index contributed by atoms with van der Waals surface area (Å²) >= 11 is 5.86. The molecule has 1 amide bonds. The SMILES string of the molecule is O=C(Nc1ccc(Cl)cc1C(=O)O)c1cccc(-c2ccc3ncccc3c2)c1.[H-].[Na+]. The van der Waals surface area contributed by atoms with Crippen LogP contribution in [0.2, 0.25) is 5.02 Å². The molecule has 0 saturated heterocycles. The molecule has 3 aromatic carbocycles. The third-order valence-corrected chi connectivity index (χ3v) is 4.76. The van der Waals surface area contributed by atoms with Crippen molar-refractivity contribution in [3.05, 3.63) is 95.1 Å². The van der Waals surface area contributed by atoms with Gasteiger partial charge in [0, 0.05) is 22.2 Å². The summed E-state index contributed by atoms with van der Waals surface area (Å²) in [5, 5.41) is 13.3. The number of aromatic carboxylic acids is 1. The molecule has 30 heavy (non-hydrogen) atoms. The van der Waals surface area contributed by atoms with E-state index in [0.29, 0.717) is 5.56 Å². The Morgan fingerprint density at radius 3 is 2.53 bits per heavy atom. The third-order valence-electron chi connectivity index (χ3n) is 4.52. The van der Waals surface area contributed by atoms with Gasteiger partial charge in [0.05, 0.1) is 16.8 Å². The summed E-state index contributed by atoms with van der Waals surface area (Å²) in [5.41, 5.74) is 3.27. The molecule has 0 radical (unpaired) electrons. The number of nitrogens with zero attached hydrogens (tertiary/aromatic N) is 1. The zero-order chi connectivity index (χ0) is 20.4. The molecular weight excluding hydrogens is 411 g/mol. The number of pyridine rings is 1. The summed E-state index contributed by atoms with van der Waals surface area (Å²) in [4.78, 5) is 28.5. The fourth-order valence-corrected chi connectivity index (χ4v) is 3.26. The number of carboxylic acid groups (broad SMARTS) is 1. The number of amides is 1. The predicted octanol–water partition coefficient (Wildman–Crippen LogP) is 2.62. The summed E-state index contributed by atoms with van der Waals surface area (Å²) in [6.45, 7) is 0. The number of rotatable bonds is 4. The van der Waals surface area contributed by atoms with Crippen LogP contribution in [0.3, 0.4) is 0 Å². The van der Waals surface area contributed by atoms with Gasteiger partial charge in [-0.3, -0.25) is 9.78 Å². The van der Waals surface area contributed by atoms with Gasteiger partial charge in [0.25, 0.3) is 5.91 Å². The van der Waals surface area contributed by atoms with Crippen LogP contribution in [-0.4, -0.2) is 22.0 Å². The molecule has 5 nitrogen and oxygen atoms in total. The first-order valence-electron chi connectivity index (χ1n) is 8.81. The van der Waals surface area contributed by atoms with E-state index in [4.69, 9.17) is 11.6 Å². The predicted molar refractivity (Wildman–Crippen MR) is 115 cm³/mol. The van der Waals surface area contributed by atoms with Crippen LogP contribution < -0.4 is 34.9 Å². The van der Waals surface area contributed by atoms with Gasteiger partial charge in [0.2, 0.25) is 0 Å². The number of hydrogen-bond donors (Lipinski definition) is 2. The van der Waals surface area contributed by atoms with E-state index in [2.05, 4.69) is 10.3 Å². The Kier molecular flexibility index (Phi) is 6.90. The number of halogens is 1. The Hall–Kier alpha value is -2.70. The van der Waals surface area contributed by atoms with Gasteiger partial charge < -0.3 is 11.8 Å². The quantitative estimate of drug-likeness (QED) is 0.492. The molecule has 0 saturated carbocycles. The number of carbonyl (C=O) groups excluding carboxylic acids is 1. The van der Waals surface area contributed by atoms with E-state index in [1.807, 2.05) is 36.4 Å². The van der Waals surface area contributed by atoms with Crippen LogP contribution in [0, 0.1) is 0 Å². The molecule has 2 N–H and O–H groups in total. The normalized spacial score (nSPS) is 10.3. The van der Waals surface area contributed by atoms with Crippen LogP contribution in [0.25, 0.3) is 22.0 Å². The van der Waals surface area contributed by atoms with Crippen LogP contribution in [-0.2, 0) is 0 Å². The van der Waals surface area contributed by atoms with E-state index in [1.54, 1.807) is 24.4 Å².